The number of ether oxygens (including phenoxy) is 1. The summed E-state index contributed by atoms with van der Waals surface area (Å²) < 4.78 is 11.1. The van der Waals surface area contributed by atoms with E-state index in [1.807, 2.05) is 6.07 Å². The molecule has 7 heteroatoms. The van der Waals surface area contributed by atoms with Crippen LogP contribution in [0.3, 0.4) is 0 Å². The van der Waals surface area contributed by atoms with E-state index in [0.29, 0.717) is 36.1 Å². The molecule has 0 unspecified atom stereocenters. The maximum Gasteiger partial charge on any atom is 0.300 e. The van der Waals surface area contributed by atoms with Gasteiger partial charge in [0.2, 0.25) is 5.65 Å². The monoisotopic (exact) mass is 275 g/mol. The quantitative estimate of drug-likeness (QED) is 0.870. The highest BCUT2D eigenvalue weighted by Gasteiger charge is 2.22. The number of hydrogen-bond donors (Lipinski definition) is 1. The van der Waals surface area contributed by atoms with E-state index in [9.17, 15) is 0 Å². The van der Waals surface area contributed by atoms with Crippen LogP contribution in [0.5, 0.6) is 0 Å². The highest BCUT2D eigenvalue weighted by Crippen LogP contribution is 2.30. The van der Waals surface area contributed by atoms with E-state index in [1.165, 1.54) is 6.42 Å². The molecule has 0 amide bonds. The number of aromatic nitrogens is 2. The lowest BCUT2D eigenvalue weighted by atomic mass is 10.2. The van der Waals surface area contributed by atoms with Crippen LogP contribution in [0.1, 0.15) is 6.42 Å². The molecule has 0 radical (unpaired) electrons. The van der Waals surface area contributed by atoms with Gasteiger partial charge in [-0.3, -0.25) is 0 Å². The van der Waals surface area contributed by atoms with Crippen molar-refractivity contribution in [3.8, 4) is 0 Å². The highest BCUT2D eigenvalue weighted by molar-refractivity contribution is 5.80. The lowest BCUT2D eigenvalue weighted by Gasteiger charge is -2.32. The second kappa shape index (κ2) is 4.52. The van der Waals surface area contributed by atoms with E-state index in [0.717, 1.165) is 32.0 Å². The van der Waals surface area contributed by atoms with Gasteiger partial charge in [0, 0.05) is 32.2 Å². The Hall–Kier alpha value is -2.02. The van der Waals surface area contributed by atoms with Crippen LogP contribution in [0.25, 0.3) is 11.2 Å². The molecule has 0 spiro atoms. The normalized spacial score (nSPS) is 19.4. The Morgan fingerprint density at radius 2 is 1.85 bits per heavy atom. The third kappa shape index (κ3) is 1.85. The third-order valence-electron chi connectivity index (χ3n) is 3.82. The van der Waals surface area contributed by atoms with E-state index in [1.54, 1.807) is 0 Å². The number of rotatable bonds is 2. The number of oxazole rings is 1. The van der Waals surface area contributed by atoms with Crippen molar-refractivity contribution in [1.29, 1.82) is 0 Å². The molecule has 0 aromatic carbocycles. The van der Waals surface area contributed by atoms with Gasteiger partial charge in [-0.1, -0.05) is 0 Å². The van der Waals surface area contributed by atoms with E-state index in [2.05, 4.69) is 19.8 Å². The number of pyridine rings is 1. The van der Waals surface area contributed by atoms with Gasteiger partial charge >= 0.3 is 0 Å². The van der Waals surface area contributed by atoms with Crippen LogP contribution in [0.2, 0.25) is 0 Å². The second-order valence-electron chi connectivity index (χ2n) is 5.16. The zero-order valence-electron chi connectivity index (χ0n) is 11.2. The maximum atomic E-state index is 6.06. The predicted octanol–water partition coefficient (Wildman–Crippen LogP) is 0.852. The molecule has 106 valence electrons. The molecule has 2 aromatic heterocycles. The van der Waals surface area contributed by atoms with Gasteiger partial charge in [-0.25, -0.2) is 4.98 Å². The van der Waals surface area contributed by atoms with Gasteiger partial charge in [0.15, 0.2) is 11.4 Å². The molecule has 2 N–H and O–H groups in total. The molecule has 2 fully saturated rings. The number of anilines is 3. The van der Waals surface area contributed by atoms with Crippen LogP contribution in [0.15, 0.2) is 10.5 Å². The van der Waals surface area contributed by atoms with Gasteiger partial charge in [-0.05, 0) is 6.42 Å². The van der Waals surface area contributed by atoms with Crippen LogP contribution >= 0.6 is 0 Å². The van der Waals surface area contributed by atoms with Crippen molar-refractivity contribution < 1.29 is 9.15 Å². The Balaban J connectivity index is 1.71. The summed E-state index contributed by atoms with van der Waals surface area (Å²) in [7, 11) is 0. The van der Waals surface area contributed by atoms with E-state index in [4.69, 9.17) is 14.9 Å². The fourth-order valence-electron chi connectivity index (χ4n) is 2.53. The van der Waals surface area contributed by atoms with Crippen LogP contribution in [0.4, 0.5) is 17.5 Å². The predicted molar refractivity (Wildman–Crippen MR) is 76.1 cm³/mol. The zero-order valence-corrected chi connectivity index (χ0v) is 11.2. The zero-order chi connectivity index (χ0) is 13.5. The SMILES string of the molecule is Nc1cc2oc(N3CCOCC3)nc2nc1N1CCC1. The van der Waals surface area contributed by atoms with Crippen molar-refractivity contribution >= 4 is 28.8 Å². The molecular weight excluding hydrogens is 258 g/mol. The molecule has 4 rings (SSSR count). The smallest absolute Gasteiger partial charge is 0.300 e. The summed E-state index contributed by atoms with van der Waals surface area (Å²) in [5, 5.41) is 0. The number of nitrogens with zero attached hydrogens (tertiary/aromatic N) is 4. The highest BCUT2D eigenvalue weighted by atomic mass is 16.5. The molecule has 0 saturated carbocycles. The number of morpholine rings is 1. The Labute approximate surface area is 116 Å². The minimum atomic E-state index is 0.607. The molecule has 2 aliphatic heterocycles. The van der Waals surface area contributed by atoms with Crippen molar-refractivity contribution in [2.45, 2.75) is 6.42 Å². The Kier molecular flexibility index (Phi) is 2.66. The standard InChI is InChI=1S/C13H17N5O2/c14-9-8-10-11(15-12(9)17-2-1-3-17)16-13(20-10)18-4-6-19-7-5-18/h8H,1-7,14H2. The van der Waals surface area contributed by atoms with Crippen molar-refractivity contribution in [2.24, 2.45) is 0 Å². The van der Waals surface area contributed by atoms with Crippen molar-refractivity contribution in [1.82, 2.24) is 9.97 Å². The van der Waals surface area contributed by atoms with Gasteiger partial charge in [-0.2, -0.15) is 4.98 Å². The number of nitrogen functional groups attached to an aromatic ring is 1. The first-order chi connectivity index (χ1) is 9.81. The van der Waals surface area contributed by atoms with Crippen molar-refractivity contribution in [3.63, 3.8) is 0 Å². The number of hydrogen-bond acceptors (Lipinski definition) is 7. The summed E-state index contributed by atoms with van der Waals surface area (Å²) in [5.41, 5.74) is 7.99. The minimum Gasteiger partial charge on any atom is -0.422 e. The first kappa shape index (κ1) is 11.8. The van der Waals surface area contributed by atoms with Crippen LogP contribution < -0.4 is 15.5 Å². The molecule has 4 heterocycles. The van der Waals surface area contributed by atoms with Crippen LogP contribution in [0, 0.1) is 0 Å². The van der Waals surface area contributed by atoms with E-state index >= 15 is 0 Å². The number of nitrogens with two attached hydrogens (primary N) is 1. The number of fused-ring (bicyclic) bond motifs is 1. The first-order valence-electron chi connectivity index (χ1n) is 6.96. The Bertz CT molecular complexity index is 631. The molecule has 0 atom stereocenters. The second-order valence-corrected chi connectivity index (χ2v) is 5.16. The van der Waals surface area contributed by atoms with Crippen molar-refractivity contribution in [3.05, 3.63) is 6.07 Å². The lowest BCUT2D eigenvalue weighted by molar-refractivity contribution is 0.120. The molecule has 0 bridgehead atoms. The fourth-order valence-corrected chi connectivity index (χ4v) is 2.53. The van der Waals surface area contributed by atoms with Crippen molar-refractivity contribution in [2.75, 3.05) is 54.9 Å². The summed E-state index contributed by atoms with van der Waals surface area (Å²) in [6, 6.07) is 2.43. The first-order valence-corrected chi connectivity index (χ1v) is 6.96. The molecule has 20 heavy (non-hydrogen) atoms. The van der Waals surface area contributed by atoms with Gasteiger partial charge in [0.1, 0.15) is 0 Å². The minimum absolute atomic E-state index is 0.607. The van der Waals surface area contributed by atoms with E-state index < -0.39 is 0 Å². The molecule has 7 nitrogen and oxygen atoms in total. The topological polar surface area (TPSA) is 80.6 Å². The summed E-state index contributed by atoms with van der Waals surface area (Å²) >= 11 is 0. The Morgan fingerprint density at radius 3 is 2.55 bits per heavy atom. The summed E-state index contributed by atoms with van der Waals surface area (Å²) in [5.74, 6) is 0.825. The van der Waals surface area contributed by atoms with Crippen LogP contribution in [-0.4, -0.2) is 49.4 Å². The average Bonchev–Trinajstić information content (AvgIpc) is 2.81. The summed E-state index contributed by atoms with van der Waals surface area (Å²) in [6.07, 6.45) is 1.19. The summed E-state index contributed by atoms with van der Waals surface area (Å²) in [6.45, 7) is 5.01. The van der Waals surface area contributed by atoms with Crippen LogP contribution in [-0.2, 0) is 4.74 Å². The molecular formula is C13H17N5O2. The molecule has 2 aliphatic rings. The largest absolute Gasteiger partial charge is 0.422 e. The Morgan fingerprint density at radius 1 is 1.05 bits per heavy atom. The van der Waals surface area contributed by atoms with Gasteiger partial charge < -0.3 is 24.7 Å². The fraction of sp³-hybridized carbons (Fsp3) is 0.538. The summed E-state index contributed by atoms with van der Waals surface area (Å²) in [4.78, 5) is 13.3. The van der Waals surface area contributed by atoms with Gasteiger partial charge in [0.25, 0.3) is 6.01 Å². The van der Waals surface area contributed by atoms with E-state index in [-0.39, 0.29) is 0 Å². The molecule has 0 aliphatic carbocycles. The lowest BCUT2D eigenvalue weighted by Crippen LogP contribution is -2.38. The van der Waals surface area contributed by atoms with Gasteiger partial charge in [0.05, 0.1) is 18.9 Å². The molecule has 2 saturated heterocycles. The average molecular weight is 275 g/mol. The third-order valence-corrected chi connectivity index (χ3v) is 3.82. The van der Waals surface area contributed by atoms with Gasteiger partial charge in [-0.15, -0.1) is 0 Å². The molecule has 2 aromatic rings. The maximum absolute atomic E-state index is 6.06.